The third kappa shape index (κ3) is 10.2. The predicted octanol–water partition coefficient (Wildman–Crippen LogP) is 4.22. The number of rotatable bonds is 13. The lowest BCUT2D eigenvalue weighted by atomic mass is 9.97. The summed E-state index contributed by atoms with van der Waals surface area (Å²) in [4.78, 5) is 46.6. The number of halogens is 2. The lowest BCUT2D eigenvalue weighted by Gasteiger charge is -2.33. The Balaban J connectivity index is 0.00000368. The van der Waals surface area contributed by atoms with Crippen LogP contribution in [0, 0.1) is 5.92 Å². The van der Waals surface area contributed by atoms with Crippen LogP contribution in [0.2, 0.25) is 0 Å². The van der Waals surface area contributed by atoms with Crippen molar-refractivity contribution in [2.75, 3.05) is 39.2 Å². The molecule has 2 heterocycles. The van der Waals surface area contributed by atoms with Crippen molar-refractivity contribution in [2.24, 2.45) is 5.92 Å². The number of methoxy groups -OCH3 is 1. The number of imidazole rings is 1. The molecule has 1 aliphatic heterocycles. The highest BCUT2D eigenvalue weighted by molar-refractivity contribution is 5.98. The molecular formula is C33H46Cl2N6O5. The molecule has 0 saturated carbocycles. The van der Waals surface area contributed by atoms with Gasteiger partial charge in [0.1, 0.15) is 17.8 Å². The van der Waals surface area contributed by atoms with Crippen molar-refractivity contribution in [3.05, 3.63) is 78.2 Å². The van der Waals surface area contributed by atoms with Gasteiger partial charge in [-0.15, -0.1) is 24.8 Å². The summed E-state index contributed by atoms with van der Waals surface area (Å²) >= 11 is 0. The number of amides is 3. The van der Waals surface area contributed by atoms with Gasteiger partial charge in [-0.2, -0.15) is 0 Å². The summed E-state index contributed by atoms with van der Waals surface area (Å²) < 4.78 is 12.9. The summed E-state index contributed by atoms with van der Waals surface area (Å²) in [5.74, 6) is 0.650. The average molecular weight is 678 g/mol. The third-order valence-corrected chi connectivity index (χ3v) is 8.12. The molecule has 13 heteroatoms. The summed E-state index contributed by atoms with van der Waals surface area (Å²) in [5.41, 5.74) is 0.820. The standard InChI is InChI=1S/C33H44N6O5.2ClH/c1-23-15-17-38(18-16-23)31(41)29(25-11-13-26(43-5)14-12-25)39-19-28(35-22-39)37-30(40)27(36-32(42)33(2,3)34-4)21-44-20-24-9-7-6-8-10-24;;/h6-14,19,22-23,27,29,34H,15-18,20-21H2,1-5H3,(H,36,42)(H,37,40);2*1H/t27-,29?;;/m1../s1. The zero-order valence-electron chi connectivity index (χ0n) is 27.0. The molecule has 2 aromatic carbocycles. The molecule has 0 radical (unpaired) electrons. The highest BCUT2D eigenvalue weighted by atomic mass is 35.5. The van der Waals surface area contributed by atoms with Crippen LogP contribution >= 0.6 is 24.8 Å². The first-order chi connectivity index (χ1) is 21.1. The Kier molecular flexibility index (Phi) is 15.0. The smallest absolute Gasteiger partial charge is 0.250 e. The second-order valence-corrected chi connectivity index (χ2v) is 11.8. The number of hydrogen-bond acceptors (Lipinski definition) is 7. The number of hydrogen-bond donors (Lipinski definition) is 3. The zero-order chi connectivity index (χ0) is 31.7. The number of carbonyl (C=O) groups is 3. The van der Waals surface area contributed by atoms with Crippen molar-refractivity contribution >= 4 is 48.4 Å². The van der Waals surface area contributed by atoms with Gasteiger partial charge in [-0.05, 0) is 62.9 Å². The quantitative estimate of drug-likeness (QED) is 0.247. The van der Waals surface area contributed by atoms with Crippen molar-refractivity contribution in [1.29, 1.82) is 0 Å². The Morgan fingerprint density at radius 1 is 1.02 bits per heavy atom. The van der Waals surface area contributed by atoms with Crippen LogP contribution in [0.4, 0.5) is 5.82 Å². The van der Waals surface area contributed by atoms with Crippen molar-refractivity contribution in [3.8, 4) is 5.75 Å². The first kappa shape index (κ1) is 38.5. The van der Waals surface area contributed by atoms with Gasteiger partial charge in [-0.1, -0.05) is 49.4 Å². The molecule has 1 saturated heterocycles. The maximum absolute atomic E-state index is 13.9. The summed E-state index contributed by atoms with van der Waals surface area (Å²) in [6.07, 6.45) is 5.09. The van der Waals surface area contributed by atoms with Gasteiger partial charge in [0.05, 0.1) is 32.2 Å². The summed E-state index contributed by atoms with van der Waals surface area (Å²) in [5, 5.41) is 8.56. The van der Waals surface area contributed by atoms with E-state index in [1.54, 1.807) is 45.1 Å². The van der Waals surface area contributed by atoms with Crippen LogP contribution in [-0.4, -0.2) is 77.6 Å². The Labute approximate surface area is 283 Å². The van der Waals surface area contributed by atoms with Crippen molar-refractivity contribution in [2.45, 2.75) is 57.8 Å². The molecule has 11 nitrogen and oxygen atoms in total. The molecule has 1 aliphatic rings. The summed E-state index contributed by atoms with van der Waals surface area (Å²) in [6.45, 7) is 7.28. The largest absolute Gasteiger partial charge is 0.497 e. The molecule has 4 rings (SSSR count). The number of aromatic nitrogens is 2. The Morgan fingerprint density at radius 2 is 1.67 bits per heavy atom. The van der Waals surface area contributed by atoms with Crippen molar-refractivity contribution in [1.82, 2.24) is 25.1 Å². The van der Waals surface area contributed by atoms with Crippen molar-refractivity contribution in [3.63, 3.8) is 0 Å². The fourth-order valence-electron chi connectivity index (χ4n) is 4.89. The minimum Gasteiger partial charge on any atom is -0.497 e. The van der Waals surface area contributed by atoms with Crippen LogP contribution in [0.3, 0.4) is 0 Å². The molecule has 0 bridgehead atoms. The second-order valence-electron chi connectivity index (χ2n) is 11.8. The van der Waals surface area contributed by atoms with Crippen LogP contribution in [0.25, 0.3) is 0 Å². The normalized spacial score (nSPS) is 14.7. The number of benzene rings is 2. The fraction of sp³-hybridized carbons (Fsp3) is 0.455. The first-order valence-corrected chi connectivity index (χ1v) is 15.0. The van der Waals surface area contributed by atoms with Gasteiger partial charge in [-0.25, -0.2) is 4.98 Å². The third-order valence-electron chi connectivity index (χ3n) is 8.12. The zero-order valence-corrected chi connectivity index (χ0v) is 28.7. The van der Waals surface area contributed by atoms with Crippen molar-refractivity contribution < 1.29 is 23.9 Å². The van der Waals surface area contributed by atoms with Gasteiger partial charge < -0.3 is 34.9 Å². The molecule has 0 spiro atoms. The number of ether oxygens (including phenoxy) is 2. The lowest BCUT2D eigenvalue weighted by molar-refractivity contribution is -0.135. The Bertz CT molecular complexity index is 1400. The molecule has 0 aliphatic carbocycles. The molecule has 252 valence electrons. The van der Waals surface area contributed by atoms with E-state index in [0.29, 0.717) is 24.8 Å². The van der Waals surface area contributed by atoms with E-state index in [2.05, 4.69) is 27.9 Å². The van der Waals surface area contributed by atoms with E-state index < -0.39 is 23.5 Å². The number of nitrogens with one attached hydrogen (secondary N) is 3. The Morgan fingerprint density at radius 3 is 2.28 bits per heavy atom. The van der Waals surface area contributed by atoms with E-state index in [9.17, 15) is 14.4 Å². The summed E-state index contributed by atoms with van der Waals surface area (Å²) in [6, 6.07) is 15.3. The van der Waals surface area contributed by atoms with Gasteiger partial charge >= 0.3 is 0 Å². The van der Waals surface area contributed by atoms with E-state index in [0.717, 1.165) is 24.0 Å². The van der Waals surface area contributed by atoms with Gasteiger partial charge in [0.25, 0.3) is 5.91 Å². The number of likely N-dealkylation sites (tertiary alicyclic amines) is 1. The number of likely N-dealkylation sites (N-methyl/N-ethyl adjacent to an activating group) is 1. The van der Waals surface area contributed by atoms with Crippen LogP contribution in [0.1, 0.15) is 50.8 Å². The maximum Gasteiger partial charge on any atom is 0.250 e. The highest BCUT2D eigenvalue weighted by Crippen LogP contribution is 2.27. The molecule has 1 fully saturated rings. The van der Waals surface area contributed by atoms with E-state index >= 15 is 0 Å². The molecule has 1 unspecified atom stereocenters. The van der Waals surface area contributed by atoms with Crippen LogP contribution in [0.15, 0.2) is 67.1 Å². The monoisotopic (exact) mass is 676 g/mol. The van der Waals surface area contributed by atoms with Crippen LogP contribution < -0.4 is 20.7 Å². The molecule has 3 aromatic rings. The predicted molar refractivity (Wildman–Crippen MR) is 183 cm³/mol. The first-order valence-electron chi connectivity index (χ1n) is 15.0. The SMILES string of the molecule is CNC(C)(C)C(=O)N[C@H](COCc1ccccc1)C(=O)Nc1cn(C(C(=O)N2CCC(C)CC2)c2ccc(OC)cc2)cn1.Cl.Cl. The van der Waals surface area contributed by atoms with Gasteiger partial charge in [0, 0.05) is 19.3 Å². The molecular weight excluding hydrogens is 631 g/mol. The molecule has 46 heavy (non-hydrogen) atoms. The van der Waals surface area contributed by atoms with Gasteiger partial charge in [0.2, 0.25) is 11.8 Å². The number of anilines is 1. The van der Waals surface area contributed by atoms with E-state index in [4.69, 9.17) is 9.47 Å². The Hall–Kier alpha value is -3.64. The lowest BCUT2D eigenvalue weighted by Crippen LogP contribution is -2.57. The topological polar surface area (TPSA) is 127 Å². The minimum absolute atomic E-state index is 0. The minimum atomic E-state index is -0.988. The molecule has 3 amide bonds. The van der Waals surface area contributed by atoms with E-state index in [1.807, 2.05) is 59.5 Å². The maximum atomic E-state index is 13.9. The summed E-state index contributed by atoms with van der Waals surface area (Å²) in [7, 11) is 3.28. The van der Waals surface area contributed by atoms with Gasteiger partial charge in [-0.3, -0.25) is 14.4 Å². The van der Waals surface area contributed by atoms with Crippen LogP contribution in [-0.2, 0) is 25.7 Å². The number of nitrogens with zero attached hydrogens (tertiary/aromatic N) is 3. The fourth-order valence-corrected chi connectivity index (χ4v) is 4.89. The van der Waals surface area contributed by atoms with E-state index in [1.165, 1.54) is 0 Å². The van der Waals surface area contributed by atoms with Crippen LogP contribution in [0.5, 0.6) is 5.75 Å². The van der Waals surface area contributed by atoms with E-state index in [-0.39, 0.29) is 55.7 Å². The average Bonchev–Trinajstić information content (AvgIpc) is 3.49. The highest BCUT2D eigenvalue weighted by Gasteiger charge is 2.32. The molecule has 1 aromatic heterocycles. The number of carbonyl (C=O) groups excluding carboxylic acids is 3. The van der Waals surface area contributed by atoms with Gasteiger partial charge in [0.15, 0.2) is 5.82 Å². The molecule has 3 N–H and O–H groups in total. The molecule has 2 atom stereocenters. The number of piperidine rings is 1. The second kappa shape index (κ2) is 17.9.